The number of nitriles is 1. The third-order valence-electron chi connectivity index (χ3n) is 3.85. The molecule has 3 aromatic carbocycles. The first kappa shape index (κ1) is 17.9. The maximum absolute atomic E-state index is 10.8. The van der Waals surface area contributed by atoms with E-state index in [4.69, 9.17) is 10.00 Å². The summed E-state index contributed by atoms with van der Waals surface area (Å²) in [6, 6.07) is 22.9. The lowest BCUT2D eigenvalue weighted by atomic mass is 10.1. The van der Waals surface area contributed by atoms with E-state index in [1.54, 1.807) is 42.6 Å². The number of carbonyl (C=O) groups excluding carboxylic acids is 1. The first-order valence-electron chi connectivity index (χ1n) is 8.22. The summed E-state index contributed by atoms with van der Waals surface area (Å²) in [6.07, 6.45) is 1.70. The number of carboxylic acids is 1. The van der Waals surface area contributed by atoms with Crippen LogP contribution >= 0.6 is 0 Å². The summed E-state index contributed by atoms with van der Waals surface area (Å²) in [5, 5.41) is 19.6. The molecule has 5 nitrogen and oxygen atoms in total. The van der Waals surface area contributed by atoms with Crippen molar-refractivity contribution in [1.82, 2.24) is 0 Å². The molecule has 0 aliphatic carbocycles. The first-order chi connectivity index (χ1) is 13.2. The molecule has 0 aliphatic heterocycles. The van der Waals surface area contributed by atoms with Crippen molar-refractivity contribution in [1.29, 1.82) is 5.26 Å². The molecule has 0 atom stereocenters. The minimum atomic E-state index is -1.20. The molecule has 0 saturated heterocycles. The number of carboxylic acid groups (broad SMARTS) is 1. The Bertz CT molecular complexity index is 1000. The average Bonchev–Trinajstić information content (AvgIpc) is 2.72. The van der Waals surface area contributed by atoms with Crippen molar-refractivity contribution in [2.24, 2.45) is 4.99 Å². The van der Waals surface area contributed by atoms with Crippen LogP contribution in [0.2, 0.25) is 0 Å². The highest BCUT2D eigenvalue weighted by molar-refractivity contribution is 5.86. The molecule has 0 fully saturated rings. The smallest absolute Gasteiger partial charge is 0.128 e. The van der Waals surface area contributed by atoms with Gasteiger partial charge in [-0.2, -0.15) is 5.26 Å². The number of rotatable bonds is 6. The summed E-state index contributed by atoms with van der Waals surface area (Å²) in [5.74, 6) is -0.536. The van der Waals surface area contributed by atoms with Gasteiger partial charge in [0.2, 0.25) is 0 Å². The number of hydrogen-bond donors (Lipinski definition) is 0. The molecule has 3 rings (SSSR count). The van der Waals surface area contributed by atoms with Crippen LogP contribution in [-0.2, 0) is 6.61 Å². The van der Waals surface area contributed by atoms with E-state index >= 15 is 0 Å². The topological polar surface area (TPSA) is 85.5 Å². The van der Waals surface area contributed by atoms with Crippen molar-refractivity contribution < 1.29 is 14.6 Å². The fourth-order valence-corrected chi connectivity index (χ4v) is 2.38. The van der Waals surface area contributed by atoms with Crippen molar-refractivity contribution in [3.63, 3.8) is 0 Å². The predicted molar refractivity (Wildman–Crippen MR) is 100.0 cm³/mol. The Morgan fingerprint density at radius 2 is 1.74 bits per heavy atom. The van der Waals surface area contributed by atoms with Crippen LogP contribution in [0.5, 0.6) is 5.75 Å². The van der Waals surface area contributed by atoms with Crippen LogP contribution in [-0.4, -0.2) is 12.2 Å². The van der Waals surface area contributed by atoms with Crippen molar-refractivity contribution in [3.8, 4) is 11.8 Å². The SMILES string of the molecule is N#Cc1ccc(N=Cc2ccccc2OCc2ccc(C(=O)[O-])cc2)cc1. The Morgan fingerprint density at radius 1 is 1.04 bits per heavy atom. The maximum atomic E-state index is 10.8. The molecule has 0 bridgehead atoms. The molecular formula is C22H15N2O3-. The van der Waals surface area contributed by atoms with E-state index in [2.05, 4.69) is 11.1 Å². The molecular weight excluding hydrogens is 340 g/mol. The van der Waals surface area contributed by atoms with E-state index in [1.807, 2.05) is 24.3 Å². The number of para-hydroxylation sites is 1. The van der Waals surface area contributed by atoms with Gasteiger partial charge in [-0.3, -0.25) is 4.99 Å². The fraction of sp³-hybridized carbons (Fsp3) is 0.0455. The largest absolute Gasteiger partial charge is 0.545 e. The third-order valence-corrected chi connectivity index (χ3v) is 3.85. The van der Waals surface area contributed by atoms with Gasteiger partial charge in [-0.15, -0.1) is 0 Å². The van der Waals surface area contributed by atoms with Crippen LogP contribution in [0.15, 0.2) is 77.8 Å². The van der Waals surface area contributed by atoms with Crippen molar-refractivity contribution >= 4 is 17.9 Å². The summed E-state index contributed by atoms with van der Waals surface area (Å²) in [5.41, 5.74) is 3.12. The van der Waals surface area contributed by atoms with Gasteiger partial charge in [0.25, 0.3) is 0 Å². The van der Waals surface area contributed by atoms with Gasteiger partial charge in [-0.25, -0.2) is 0 Å². The Labute approximate surface area is 156 Å². The standard InChI is InChI=1S/C22H16N2O3/c23-13-16-7-11-20(12-8-16)24-14-19-3-1-2-4-21(19)27-15-17-5-9-18(10-6-17)22(25)26/h1-12,14H,15H2,(H,25,26)/p-1. The van der Waals surface area contributed by atoms with Crippen LogP contribution in [0.1, 0.15) is 27.0 Å². The monoisotopic (exact) mass is 355 g/mol. The Kier molecular flexibility index (Phi) is 5.60. The summed E-state index contributed by atoms with van der Waals surface area (Å²) < 4.78 is 5.85. The molecule has 27 heavy (non-hydrogen) atoms. The summed E-state index contributed by atoms with van der Waals surface area (Å²) >= 11 is 0. The van der Waals surface area contributed by atoms with Crippen LogP contribution in [0.25, 0.3) is 0 Å². The molecule has 0 N–H and O–H groups in total. The molecule has 0 aromatic heterocycles. The fourth-order valence-electron chi connectivity index (χ4n) is 2.38. The van der Waals surface area contributed by atoms with E-state index in [-0.39, 0.29) is 5.56 Å². The zero-order valence-electron chi connectivity index (χ0n) is 14.3. The number of aliphatic imine (C=N–C) groups is 1. The van der Waals surface area contributed by atoms with Crippen LogP contribution in [0.3, 0.4) is 0 Å². The van der Waals surface area contributed by atoms with Gasteiger partial charge in [-0.05, 0) is 47.5 Å². The third kappa shape index (κ3) is 4.80. The van der Waals surface area contributed by atoms with Gasteiger partial charge < -0.3 is 14.6 Å². The molecule has 3 aromatic rings. The highest BCUT2D eigenvalue weighted by atomic mass is 16.5. The Balaban J connectivity index is 1.70. The molecule has 0 saturated carbocycles. The summed E-state index contributed by atoms with van der Waals surface area (Å²) in [6.45, 7) is 0.301. The summed E-state index contributed by atoms with van der Waals surface area (Å²) in [7, 11) is 0. The summed E-state index contributed by atoms with van der Waals surface area (Å²) in [4.78, 5) is 15.2. The second-order valence-electron chi connectivity index (χ2n) is 5.73. The number of ether oxygens (including phenoxy) is 1. The lowest BCUT2D eigenvalue weighted by Crippen LogP contribution is -2.22. The average molecular weight is 355 g/mol. The van der Waals surface area contributed by atoms with E-state index in [0.717, 1.165) is 16.8 Å². The minimum Gasteiger partial charge on any atom is -0.545 e. The number of nitrogens with zero attached hydrogens (tertiary/aromatic N) is 2. The Morgan fingerprint density at radius 3 is 2.41 bits per heavy atom. The van der Waals surface area contributed by atoms with Crippen LogP contribution < -0.4 is 9.84 Å². The van der Waals surface area contributed by atoms with E-state index in [1.165, 1.54) is 12.1 Å². The van der Waals surface area contributed by atoms with Gasteiger partial charge >= 0.3 is 0 Å². The lowest BCUT2D eigenvalue weighted by Gasteiger charge is -2.10. The molecule has 0 amide bonds. The molecule has 0 unspecified atom stereocenters. The quantitative estimate of drug-likeness (QED) is 0.635. The van der Waals surface area contributed by atoms with Gasteiger partial charge in [0.15, 0.2) is 0 Å². The van der Waals surface area contributed by atoms with E-state index in [9.17, 15) is 9.90 Å². The first-order valence-corrected chi connectivity index (χ1v) is 8.22. The maximum Gasteiger partial charge on any atom is 0.128 e. The van der Waals surface area contributed by atoms with Gasteiger partial charge in [-0.1, -0.05) is 36.4 Å². The molecule has 0 heterocycles. The van der Waals surface area contributed by atoms with E-state index in [0.29, 0.717) is 17.9 Å². The molecule has 0 aliphatic rings. The number of carbonyl (C=O) groups is 1. The lowest BCUT2D eigenvalue weighted by molar-refractivity contribution is -0.255. The second kappa shape index (κ2) is 8.45. The van der Waals surface area contributed by atoms with Crippen molar-refractivity contribution in [2.75, 3.05) is 0 Å². The second-order valence-corrected chi connectivity index (χ2v) is 5.73. The van der Waals surface area contributed by atoms with Crippen LogP contribution in [0.4, 0.5) is 5.69 Å². The highest BCUT2D eigenvalue weighted by Gasteiger charge is 2.02. The molecule has 0 radical (unpaired) electrons. The normalized spacial score (nSPS) is 10.5. The van der Waals surface area contributed by atoms with Crippen LogP contribution in [0, 0.1) is 11.3 Å². The zero-order chi connectivity index (χ0) is 19.1. The number of aromatic carboxylic acids is 1. The zero-order valence-corrected chi connectivity index (χ0v) is 14.3. The van der Waals surface area contributed by atoms with Crippen molar-refractivity contribution in [3.05, 3.63) is 95.1 Å². The molecule has 5 heteroatoms. The highest BCUT2D eigenvalue weighted by Crippen LogP contribution is 2.20. The predicted octanol–water partition coefficient (Wildman–Crippen LogP) is 3.25. The van der Waals surface area contributed by atoms with Gasteiger partial charge in [0.05, 0.1) is 23.3 Å². The Hall–Kier alpha value is -3.91. The van der Waals surface area contributed by atoms with Gasteiger partial charge in [0.1, 0.15) is 12.4 Å². The van der Waals surface area contributed by atoms with Crippen molar-refractivity contribution in [2.45, 2.75) is 6.61 Å². The number of benzene rings is 3. The molecule has 0 spiro atoms. The number of hydrogen-bond acceptors (Lipinski definition) is 5. The van der Waals surface area contributed by atoms with Gasteiger partial charge in [0, 0.05) is 11.8 Å². The minimum absolute atomic E-state index is 0.133. The molecule has 132 valence electrons. The van der Waals surface area contributed by atoms with E-state index < -0.39 is 5.97 Å².